The van der Waals surface area contributed by atoms with Gasteiger partial charge in [0.15, 0.2) is 17.5 Å². The molecule has 0 bridgehead atoms. The fourth-order valence-corrected chi connectivity index (χ4v) is 5.68. The van der Waals surface area contributed by atoms with Crippen molar-refractivity contribution in [3.05, 3.63) is 82.1 Å². The molecule has 0 heterocycles. The van der Waals surface area contributed by atoms with Crippen LogP contribution >= 0.6 is 0 Å². The number of rotatable bonds is 23. The molecule has 0 aromatic heterocycles. The van der Waals surface area contributed by atoms with Gasteiger partial charge in [-0.05, 0) is 108 Å². The number of nitrogens with one attached hydrogen (secondary N) is 2. The number of allylic oxidation sites excluding steroid dienone is 6. The normalized spacial score (nSPS) is 15.4. The number of halogens is 4. The Hall–Kier alpha value is -3.04. The van der Waals surface area contributed by atoms with Gasteiger partial charge in [-0.3, -0.25) is 4.90 Å². The molecule has 1 rings (SSSR count). The summed E-state index contributed by atoms with van der Waals surface area (Å²) in [4.78, 5) is 9.64. The second kappa shape index (κ2) is 23.4. The number of hydrogen-bond acceptors (Lipinski definition) is 4. The van der Waals surface area contributed by atoms with Gasteiger partial charge in [-0.2, -0.15) is 0 Å². The average molecular weight is 704 g/mol. The first-order valence-corrected chi connectivity index (χ1v) is 18.5. The maximum Gasteiger partial charge on any atom is 0.159 e. The van der Waals surface area contributed by atoms with E-state index in [1.807, 2.05) is 27.7 Å². The number of amidine groups is 1. The molecule has 0 saturated carbocycles. The van der Waals surface area contributed by atoms with Crippen molar-refractivity contribution >= 4 is 11.5 Å². The van der Waals surface area contributed by atoms with Crippen LogP contribution in [-0.4, -0.2) is 66.7 Å². The Bertz CT molecular complexity index is 1360. The molecule has 0 aliphatic carbocycles. The van der Waals surface area contributed by atoms with Crippen molar-refractivity contribution in [1.82, 2.24) is 15.1 Å². The highest BCUT2D eigenvalue weighted by molar-refractivity contribution is 6.39. The number of benzene rings is 1. The summed E-state index contributed by atoms with van der Waals surface area (Å²) in [6.45, 7) is 28.4. The van der Waals surface area contributed by atoms with Crippen molar-refractivity contribution in [1.29, 1.82) is 5.41 Å². The lowest BCUT2D eigenvalue weighted by Gasteiger charge is -2.30. The summed E-state index contributed by atoms with van der Waals surface area (Å²) in [5, 5.41) is 12.4. The monoisotopic (exact) mass is 704 g/mol. The van der Waals surface area contributed by atoms with Gasteiger partial charge in [0.05, 0.1) is 5.71 Å². The van der Waals surface area contributed by atoms with Crippen molar-refractivity contribution in [3.63, 3.8) is 0 Å². The highest BCUT2D eigenvalue weighted by atomic mass is 19.2. The molecule has 0 aliphatic rings. The van der Waals surface area contributed by atoms with Crippen LogP contribution in [0.25, 0.3) is 0 Å². The lowest BCUT2D eigenvalue weighted by molar-refractivity contribution is 0.273. The first-order valence-electron chi connectivity index (χ1n) is 18.5. The van der Waals surface area contributed by atoms with Crippen LogP contribution in [0.2, 0.25) is 0 Å². The molecule has 0 amide bonds. The molecular weight excluding hydrogens is 638 g/mol. The van der Waals surface area contributed by atoms with Crippen molar-refractivity contribution in [2.24, 2.45) is 16.8 Å². The minimum Gasteiger partial charge on any atom is -0.354 e. The summed E-state index contributed by atoms with van der Waals surface area (Å²) >= 11 is 0. The van der Waals surface area contributed by atoms with Gasteiger partial charge in [-0.15, -0.1) is 0 Å². The van der Waals surface area contributed by atoms with E-state index in [9.17, 15) is 17.6 Å². The maximum atomic E-state index is 14.2. The maximum absolute atomic E-state index is 14.2. The largest absolute Gasteiger partial charge is 0.354 e. The zero-order valence-corrected chi connectivity index (χ0v) is 32.6. The van der Waals surface area contributed by atoms with E-state index in [4.69, 9.17) is 10.4 Å². The molecule has 0 radical (unpaired) electrons. The molecule has 0 saturated heterocycles. The van der Waals surface area contributed by atoms with Gasteiger partial charge >= 0.3 is 0 Å². The third-order valence-electron chi connectivity index (χ3n) is 9.18. The Labute approximate surface area is 301 Å². The Morgan fingerprint density at radius 2 is 1.66 bits per heavy atom. The number of hydrogen-bond donors (Lipinski definition) is 2. The molecule has 2 N–H and O–H groups in total. The molecule has 1 aromatic rings. The average Bonchev–Trinajstić information content (AvgIpc) is 3.07. The van der Waals surface area contributed by atoms with E-state index in [-0.39, 0.29) is 18.4 Å². The predicted octanol–water partition coefficient (Wildman–Crippen LogP) is 10.8. The van der Waals surface area contributed by atoms with E-state index < -0.39 is 23.3 Å². The Morgan fingerprint density at radius 1 is 0.980 bits per heavy atom. The second-order valence-electron chi connectivity index (χ2n) is 13.8. The van der Waals surface area contributed by atoms with Crippen molar-refractivity contribution in [2.45, 2.75) is 114 Å². The minimum absolute atomic E-state index is 0.0493. The number of aliphatic imine (C=N–C) groups is 1. The Kier molecular flexibility index (Phi) is 21.1. The molecule has 0 aliphatic heterocycles. The van der Waals surface area contributed by atoms with Gasteiger partial charge in [0.1, 0.15) is 11.7 Å². The van der Waals surface area contributed by atoms with Crippen molar-refractivity contribution in [3.8, 4) is 0 Å². The summed E-state index contributed by atoms with van der Waals surface area (Å²) in [6.07, 6.45) is 5.37. The quantitative estimate of drug-likeness (QED) is 0.0516. The topological polar surface area (TPSA) is 54.7 Å². The Balaban J connectivity index is 3.19. The number of nitrogens with zero attached hydrogens (tertiary/aromatic N) is 3. The molecule has 1 aromatic carbocycles. The van der Waals surface area contributed by atoms with Crippen LogP contribution in [0.3, 0.4) is 0 Å². The lowest BCUT2D eigenvalue weighted by Crippen LogP contribution is -2.44. The molecule has 5 nitrogen and oxygen atoms in total. The summed E-state index contributed by atoms with van der Waals surface area (Å²) in [7, 11) is 0. The van der Waals surface area contributed by atoms with E-state index in [1.165, 1.54) is 12.1 Å². The smallest absolute Gasteiger partial charge is 0.159 e. The molecule has 282 valence electrons. The van der Waals surface area contributed by atoms with Crippen LogP contribution in [0.1, 0.15) is 107 Å². The molecule has 3 unspecified atom stereocenters. The summed E-state index contributed by atoms with van der Waals surface area (Å²) in [6, 6.07) is 4.20. The van der Waals surface area contributed by atoms with Crippen LogP contribution in [0.15, 0.2) is 69.9 Å². The molecule has 9 heteroatoms. The SMILES string of the molecule is C=C(C)/C(C)=C(/N=C(C(C)=N)N(CCNC(C)CCN(CCC)C/C(=C/C(F)=C(/F)CC)CC)CC(C)CC)C(C)Cc1ccc(F)c(F)c1. The van der Waals surface area contributed by atoms with Crippen LogP contribution in [0, 0.1) is 28.9 Å². The third-order valence-corrected chi connectivity index (χ3v) is 9.18. The van der Waals surface area contributed by atoms with Gasteiger partial charge in [0.25, 0.3) is 0 Å². The molecule has 3 atom stereocenters. The second-order valence-corrected chi connectivity index (χ2v) is 13.8. The Morgan fingerprint density at radius 3 is 2.20 bits per heavy atom. The zero-order valence-electron chi connectivity index (χ0n) is 32.6. The standard InChI is InChI=1S/C41H65F4N5/c1-12-20-49(27-34(14-3)24-38(44)36(42)15-4)21-18-31(9)47-19-22-50(26-29(7)13-2)41(33(11)46)48-40(32(10)28(5)6)30(8)23-35-16-17-37(43)39(45)25-35/h16-17,24-25,29-31,46-47H,5,12-15,18-23,26-27H2,1-4,6-11H3/b34-24+,38-36-,40-32+,46-33?,48-41?. The van der Waals surface area contributed by atoms with E-state index in [0.717, 1.165) is 67.4 Å². The summed E-state index contributed by atoms with van der Waals surface area (Å²) < 4.78 is 55.7. The first kappa shape index (κ1) is 45.0. The van der Waals surface area contributed by atoms with Crippen LogP contribution in [-0.2, 0) is 6.42 Å². The minimum atomic E-state index is -0.871. The predicted molar refractivity (Wildman–Crippen MR) is 205 cm³/mol. The van der Waals surface area contributed by atoms with Gasteiger partial charge in [-0.1, -0.05) is 71.8 Å². The van der Waals surface area contributed by atoms with Crippen LogP contribution < -0.4 is 5.32 Å². The summed E-state index contributed by atoms with van der Waals surface area (Å²) in [5.41, 5.74) is 4.47. The third kappa shape index (κ3) is 15.9. The van der Waals surface area contributed by atoms with E-state index in [1.54, 1.807) is 19.9 Å². The molecule has 0 spiro atoms. The lowest BCUT2D eigenvalue weighted by atomic mass is 9.93. The van der Waals surface area contributed by atoms with E-state index in [0.29, 0.717) is 55.5 Å². The van der Waals surface area contributed by atoms with Crippen molar-refractivity contribution < 1.29 is 17.6 Å². The zero-order chi connectivity index (χ0) is 38.0. The van der Waals surface area contributed by atoms with Crippen LogP contribution in [0.5, 0.6) is 0 Å². The van der Waals surface area contributed by atoms with Crippen LogP contribution in [0.4, 0.5) is 17.6 Å². The van der Waals surface area contributed by atoms with E-state index in [2.05, 4.69) is 49.4 Å². The summed E-state index contributed by atoms with van der Waals surface area (Å²) in [5.74, 6) is -2.38. The van der Waals surface area contributed by atoms with Crippen molar-refractivity contribution in [2.75, 3.05) is 39.3 Å². The van der Waals surface area contributed by atoms with Gasteiger partial charge < -0.3 is 15.6 Å². The van der Waals surface area contributed by atoms with E-state index >= 15 is 0 Å². The fraction of sp³-hybridized carbons (Fsp3) is 0.610. The highest BCUT2D eigenvalue weighted by Gasteiger charge is 2.21. The van der Waals surface area contributed by atoms with Gasteiger partial charge in [-0.25, -0.2) is 22.6 Å². The van der Waals surface area contributed by atoms with Gasteiger partial charge in [0.2, 0.25) is 0 Å². The molecule has 0 fully saturated rings. The first-order chi connectivity index (χ1) is 23.6. The highest BCUT2D eigenvalue weighted by Crippen LogP contribution is 2.26. The molecular formula is C41H65F4N5. The fourth-order valence-electron chi connectivity index (χ4n) is 5.68. The molecule has 50 heavy (non-hydrogen) atoms. The van der Waals surface area contributed by atoms with Gasteiger partial charge in [0, 0.05) is 43.8 Å².